The van der Waals surface area contributed by atoms with Gasteiger partial charge in [-0.25, -0.2) is 0 Å². The topological polar surface area (TPSA) is 37.3 Å². The number of rotatable bonds is 20. The van der Waals surface area contributed by atoms with E-state index in [-0.39, 0.29) is 0 Å². The van der Waals surface area contributed by atoms with Gasteiger partial charge in [-0.3, -0.25) is 4.79 Å². The van der Waals surface area contributed by atoms with Crippen LogP contribution in [-0.4, -0.2) is 35.7 Å². The molecule has 0 aromatic rings. The molecule has 29 heavy (non-hydrogen) atoms. The van der Waals surface area contributed by atoms with Crippen molar-refractivity contribution in [3.8, 4) is 0 Å². The number of unbranched alkanes of at least 4 members (excludes halogenated alkanes) is 10. The zero-order chi connectivity index (χ0) is 22.2. The van der Waals surface area contributed by atoms with Crippen molar-refractivity contribution in [2.45, 2.75) is 137 Å². The van der Waals surface area contributed by atoms with Gasteiger partial charge in [-0.15, -0.1) is 0 Å². The molecular weight excluding hydrogens is 375 g/mol. The molecule has 0 saturated carbocycles. The second-order valence-corrected chi connectivity index (χ2v) is 14.2. The van der Waals surface area contributed by atoms with Crippen molar-refractivity contribution in [2.75, 3.05) is 24.6 Å². The van der Waals surface area contributed by atoms with E-state index >= 15 is 0 Å². The van der Waals surface area contributed by atoms with E-state index in [4.69, 9.17) is 5.11 Å². The normalized spacial score (nSPS) is 11.8. The number of hydrogen-bond donors (Lipinski definition) is 1. The van der Waals surface area contributed by atoms with E-state index < -0.39 is 13.2 Å². The Bertz CT molecular complexity index is 309. The van der Waals surface area contributed by atoms with Crippen molar-refractivity contribution in [3.05, 3.63) is 0 Å². The predicted molar refractivity (Wildman–Crippen MR) is 138 cm³/mol. The van der Waals surface area contributed by atoms with Gasteiger partial charge >= 0.3 is 130 Å². The number of carboxylic acids is 1. The molecule has 0 spiro atoms. The van der Waals surface area contributed by atoms with Crippen molar-refractivity contribution in [2.24, 2.45) is 0 Å². The summed E-state index contributed by atoms with van der Waals surface area (Å²) >= 11 is 0. The van der Waals surface area contributed by atoms with Gasteiger partial charge in [-0.1, -0.05) is 32.6 Å². The molecule has 0 aliphatic rings. The molecule has 0 aliphatic carbocycles. The van der Waals surface area contributed by atoms with Crippen LogP contribution in [0.2, 0.25) is 0 Å². The number of hydrogen-bond acceptors (Lipinski definition) is 1. The fourth-order valence-corrected chi connectivity index (χ4v) is 10.0. The Morgan fingerprint density at radius 2 is 0.862 bits per heavy atom. The summed E-state index contributed by atoms with van der Waals surface area (Å²) in [6.45, 7) is 11.6. The zero-order valence-electron chi connectivity index (χ0n) is 21.0. The quantitative estimate of drug-likeness (QED) is 0.154. The summed E-state index contributed by atoms with van der Waals surface area (Å²) in [6, 6.07) is 0. The van der Waals surface area contributed by atoms with Crippen molar-refractivity contribution in [1.82, 2.24) is 0 Å². The summed E-state index contributed by atoms with van der Waals surface area (Å²) in [7, 11) is -0.908. The first-order valence-corrected chi connectivity index (χ1v) is 16.1. The van der Waals surface area contributed by atoms with Gasteiger partial charge < -0.3 is 5.11 Å². The van der Waals surface area contributed by atoms with Gasteiger partial charge in [0.2, 0.25) is 0 Å². The molecular formula is C26H57O2P. The summed E-state index contributed by atoms with van der Waals surface area (Å²) in [4.78, 5) is 10.0. The second-order valence-electron chi connectivity index (χ2n) is 9.18. The van der Waals surface area contributed by atoms with E-state index in [2.05, 4.69) is 34.6 Å². The average molecular weight is 433 g/mol. The molecule has 0 aromatic heterocycles. The maximum absolute atomic E-state index is 10.0. The average Bonchev–Trinajstić information content (AvgIpc) is 2.72. The van der Waals surface area contributed by atoms with Crippen LogP contribution in [0.3, 0.4) is 0 Å². The number of aliphatic carboxylic acids is 1. The van der Waals surface area contributed by atoms with Gasteiger partial charge in [0.05, 0.1) is 0 Å². The maximum atomic E-state index is 10.0. The molecule has 3 heteroatoms. The Labute approximate surface area is 185 Å². The summed E-state index contributed by atoms with van der Waals surface area (Å²) < 4.78 is 0. The van der Waals surface area contributed by atoms with Crippen molar-refractivity contribution in [3.63, 3.8) is 0 Å². The fraction of sp³-hybridized carbons (Fsp3) is 0.962. The van der Waals surface area contributed by atoms with Gasteiger partial charge in [0.25, 0.3) is 0 Å². The fourth-order valence-electron chi connectivity index (χ4n) is 4.21. The summed E-state index contributed by atoms with van der Waals surface area (Å²) in [5.41, 5.74) is 0. The zero-order valence-corrected chi connectivity index (χ0v) is 22.0. The van der Waals surface area contributed by atoms with Crippen LogP contribution in [0, 0.1) is 0 Å². The molecule has 1 N–H and O–H groups in total. The first-order chi connectivity index (χ1) is 14.0. The van der Waals surface area contributed by atoms with Crippen LogP contribution < -0.4 is 0 Å². The number of carboxylic acid groups (broad SMARTS) is 1. The molecule has 0 aromatic carbocycles. The number of carbonyl (C=O) groups is 1. The molecule has 0 unspecified atom stereocenters. The standard InChI is InChI=1S/C18H41P.C8H16O2/c1-5-9-13-14-18-19(15-10-6-2,16-11-7-3)17-12-8-4;1-2-3-4-5-6-7-8(9)10/h19H,5-18H2,1-4H3;2-7H2,1H3,(H,9,10). The van der Waals surface area contributed by atoms with E-state index in [0.29, 0.717) is 6.42 Å². The third-order valence-electron chi connectivity index (χ3n) is 6.24. The van der Waals surface area contributed by atoms with Crippen molar-refractivity contribution in [1.29, 1.82) is 0 Å². The minimum absolute atomic E-state index is 0.337. The molecule has 0 rings (SSSR count). The first-order valence-electron chi connectivity index (χ1n) is 13.2. The van der Waals surface area contributed by atoms with E-state index in [1.807, 2.05) is 0 Å². The van der Waals surface area contributed by atoms with Crippen LogP contribution in [0.15, 0.2) is 0 Å². The monoisotopic (exact) mass is 432 g/mol. The third kappa shape index (κ3) is 22.4. The van der Waals surface area contributed by atoms with Crippen molar-refractivity contribution < 1.29 is 9.90 Å². The van der Waals surface area contributed by atoms with Crippen LogP contribution in [0.5, 0.6) is 0 Å². The Balaban J connectivity index is 0. The Kier molecular flexibility index (Phi) is 25.9. The second kappa shape index (κ2) is 24.2. The van der Waals surface area contributed by atoms with E-state index in [0.717, 1.165) is 12.8 Å². The van der Waals surface area contributed by atoms with Crippen LogP contribution in [0.25, 0.3) is 0 Å². The molecule has 2 nitrogen and oxygen atoms in total. The van der Waals surface area contributed by atoms with Gasteiger partial charge in [-0.05, 0) is 6.42 Å². The van der Waals surface area contributed by atoms with Crippen LogP contribution in [0.1, 0.15) is 137 Å². The van der Waals surface area contributed by atoms with Crippen LogP contribution >= 0.6 is 7.26 Å². The molecule has 178 valence electrons. The molecule has 0 saturated heterocycles. The van der Waals surface area contributed by atoms with Crippen LogP contribution in [0.4, 0.5) is 0 Å². The van der Waals surface area contributed by atoms with Gasteiger partial charge in [0.1, 0.15) is 0 Å². The first kappa shape index (κ1) is 31.1. The predicted octanol–water partition coefficient (Wildman–Crippen LogP) is 9.15. The molecule has 0 atom stereocenters. The molecule has 0 aliphatic heterocycles. The molecule has 0 amide bonds. The van der Waals surface area contributed by atoms with Crippen LogP contribution in [-0.2, 0) is 4.79 Å². The summed E-state index contributed by atoms with van der Waals surface area (Å²) in [5, 5.41) is 8.27. The Morgan fingerprint density at radius 1 is 0.517 bits per heavy atom. The Hall–Kier alpha value is -0.100. The molecule has 0 heterocycles. The summed E-state index contributed by atoms with van der Waals surface area (Å²) in [6.07, 6.45) is 27.0. The third-order valence-corrected chi connectivity index (χ3v) is 11.9. The van der Waals surface area contributed by atoms with E-state index in [9.17, 15) is 4.79 Å². The van der Waals surface area contributed by atoms with E-state index in [1.165, 1.54) is 83.5 Å². The Morgan fingerprint density at radius 3 is 1.24 bits per heavy atom. The SMILES string of the molecule is CCCCCCCC(=O)O.CCCCCC[PH](CCCC)(CCCC)CCCC. The van der Waals surface area contributed by atoms with Gasteiger partial charge in [0, 0.05) is 6.42 Å². The minimum atomic E-state index is -0.908. The molecule has 0 fully saturated rings. The molecule has 0 radical (unpaired) electrons. The van der Waals surface area contributed by atoms with Gasteiger partial charge in [0.15, 0.2) is 0 Å². The van der Waals surface area contributed by atoms with E-state index in [1.54, 1.807) is 24.6 Å². The summed E-state index contributed by atoms with van der Waals surface area (Å²) in [5.74, 6) is -0.670. The van der Waals surface area contributed by atoms with Crippen molar-refractivity contribution >= 4 is 13.2 Å². The van der Waals surface area contributed by atoms with Gasteiger partial charge in [-0.2, -0.15) is 0 Å². The molecule has 0 bridgehead atoms.